The first-order chi connectivity index (χ1) is 13.5. The SMILES string of the molecule is CCOC(=O)CCN(Cc1ccc(F)cc1)C(=O)C12CC3CC(CC(C3)C1)C2. The Kier molecular flexibility index (Phi) is 5.44. The van der Waals surface area contributed by atoms with Crippen LogP contribution in [0.3, 0.4) is 0 Å². The van der Waals surface area contributed by atoms with Crippen LogP contribution in [0.15, 0.2) is 24.3 Å². The number of halogens is 1. The van der Waals surface area contributed by atoms with E-state index in [1.807, 2.05) is 4.90 Å². The molecule has 4 nitrogen and oxygen atoms in total. The number of hydrogen-bond donors (Lipinski definition) is 0. The van der Waals surface area contributed by atoms with Gasteiger partial charge in [-0.05, 0) is 80.9 Å². The summed E-state index contributed by atoms with van der Waals surface area (Å²) in [5.74, 6) is 1.70. The standard InChI is InChI=1S/C23H30FNO3/c1-2-28-21(26)7-8-25(15-16-3-5-20(24)6-4-16)22(27)23-12-17-9-18(13-23)11-19(10-17)14-23/h3-6,17-19H,2,7-15H2,1H3. The Balaban J connectivity index is 1.52. The maximum Gasteiger partial charge on any atom is 0.307 e. The fraction of sp³-hybridized carbons (Fsp3) is 0.652. The van der Waals surface area contributed by atoms with Gasteiger partial charge < -0.3 is 9.64 Å². The molecule has 1 aromatic rings. The fourth-order valence-corrected chi connectivity index (χ4v) is 6.23. The van der Waals surface area contributed by atoms with Crippen molar-refractivity contribution in [3.63, 3.8) is 0 Å². The average Bonchev–Trinajstić information content (AvgIpc) is 2.65. The Morgan fingerprint density at radius 2 is 1.64 bits per heavy atom. The zero-order valence-electron chi connectivity index (χ0n) is 16.7. The normalized spacial score (nSPS) is 30.3. The summed E-state index contributed by atoms with van der Waals surface area (Å²) in [5.41, 5.74) is 0.645. The molecule has 0 radical (unpaired) electrons. The summed E-state index contributed by atoms with van der Waals surface area (Å²) in [7, 11) is 0. The van der Waals surface area contributed by atoms with E-state index in [9.17, 15) is 14.0 Å². The van der Waals surface area contributed by atoms with Crippen LogP contribution < -0.4 is 0 Å². The Morgan fingerprint density at radius 1 is 1.07 bits per heavy atom. The Morgan fingerprint density at radius 3 is 2.18 bits per heavy atom. The van der Waals surface area contributed by atoms with Crippen molar-refractivity contribution in [2.45, 2.75) is 58.4 Å². The van der Waals surface area contributed by atoms with Gasteiger partial charge in [-0.15, -0.1) is 0 Å². The molecule has 152 valence electrons. The lowest BCUT2D eigenvalue weighted by Gasteiger charge is -2.56. The minimum atomic E-state index is -0.283. The van der Waals surface area contributed by atoms with Crippen LogP contribution in [0.1, 0.15) is 57.4 Å². The number of carbonyl (C=O) groups is 2. The third kappa shape index (κ3) is 3.94. The molecule has 4 fully saturated rings. The van der Waals surface area contributed by atoms with Crippen LogP contribution >= 0.6 is 0 Å². The molecule has 4 aliphatic rings. The molecule has 1 amide bonds. The number of amides is 1. The van der Waals surface area contributed by atoms with Crippen molar-refractivity contribution in [2.75, 3.05) is 13.2 Å². The molecule has 0 heterocycles. The summed E-state index contributed by atoms with van der Waals surface area (Å²) < 4.78 is 18.3. The van der Waals surface area contributed by atoms with E-state index < -0.39 is 0 Å². The van der Waals surface area contributed by atoms with Crippen molar-refractivity contribution >= 4 is 11.9 Å². The first-order valence-electron chi connectivity index (χ1n) is 10.7. The summed E-state index contributed by atoms with van der Waals surface area (Å²) in [6.45, 7) is 2.91. The zero-order chi connectivity index (χ0) is 19.7. The predicted molar refractivity (Wildman–Crippen MR) is 104 cm³/mol. The van der Waals surface area contributed by atoms with E-state index in [0.717, 1.165) is 24.8 Å². The Bertz CT molecular complexity index is 695. The lowest BCUT2D eigenvalue weighted by molar-refractivity contribution is -0.159. The maximum absolute atomic E-state index is 13.7. The summed E-state index contributed by atoms with van der Waals surface area (Å²) >= 11 is 0. The van der Waals surface area contributed by atoms with E-state index in [4.69, 9.17) is 4.74 Å². The molecule has 4 saturated carbocycles. The van der Waals surface area contributed by atoms with Crippen LogP contribution in [0.25, 0.3) is 0 Å². The second-order valence-electron chi connectivity index (χ2n) is 9.11. The van der Waals surface area contributed by atoms with Crippen LogP contribution in [0.2, 0.25) is 0 Å². The van der Waals surface area contributed by atoms with Crippen LogP contribution in [0.5, 0.6) is 0 Å². The highest BCUT2D eigenvalue weighted by atomic mass is 19.1. The zero-order valence-corrected chi connectivity index (χ0v) is 16.7. The first-order valence-corrected chi connectivity index (χ1v) is 10.7. The van der Waals surface area contributed by atoms with Crippen molar-refractivity contribution in [3.05, 3.63) is 35.6 Å². The molecule has 28 heavy (non-hydrogen) atoms. The fourth-order valence-electron chi connectivity index (χ4n) is 6.23. The Hall–Kier alpha value is -1.91. The molecule has 4 bridgehead atoms. The molecule has 0 N–H and O–H groups in total. The van der Waals surface area contributed by atoms with E-state index in [1.165, 1.54) is 31.4 Å². The number of esters is 1. The average molecular weight is 387 g/mol. The molecular formula is C23H30FNO3. The molecule has 0 spiro atoms. The van der Waals surface area contributed by atoms with E-state index in [-0.39, 0.29) is 29.5 Å². The van der Waals surface area contributed by atoms with Gasteiger partial charge in [0, 0.05) is 13.1 Å². The summed E-state index contributed by atoms with van der Waals surface area (Å²) in [4.78, 5) is 27.5. The maximum atomic E-state index is 13.7. The number of carbonyl (C=O) groups excluding carboxylic acids is 2. The highest BCUT2D eigenvalue weighted by Gasteiger charge is 2.55. The predicted octanol–water partition coefficient (Wildman–Crippen LogP) is 4.32. The van der Waals surface area contributed by atoms with Crippen LogP contribution in [0, 0.1) is 29.0 Å². The molecule has 1 aromatic carbocycles. The molecule has 4 aliphatic carbocycles. The summed E-state index contributed by atoms with van der Waals surface area (Å²) in [5, 5.41) is 0. The van der Waals surface area contributed by atoms with Gasteiger partial charge in [-0.1, -0.05) is 12.1 Å². The van der Waals surface area contributed by atoms with Crippen LogP contribution in [0.4, 0.5) is 4.39 Å². The van der Waals surface area contributed by atoms with Crippen molar-refractivity contribution in [1.29, 1.82) is 0 Å². The highest BCUT2D eigenvalue weighted by Crippen LogP contribution is 2.60. The third-order valence-electron chi connectivity index (χ3n) is 6.96. The number of rotatable bonds is 7. The van der Waals surface area contributed by atoms with Crippen LogP contribution in [-0.4, -0.2) is 29.9 Å². The minimum absolute atomic E-state index is 0.195. The summed E-state index contributed by atoms with van der Waals surface area (Å²) in [6, 6.07) is 6.29. The Labute approximate surface area is 166 Å². The number of benzene rings is 1. The van der Waals surface area contributed by atoms with Gasteiger partial charge in [-0.25, -0.2) is 4.39 Å². The van der Waals surface area contributed by atoms with Gasteiger partial charge in [0.15, 0.2) is 0 Å². The van der Waals surface area contributed by atoms with Gasteiger partial charge in [0.2, 0.25) is 5.91 Å². The van der Waals surface area contributed by atoms with E-state index >= 15 is 0 Å². The second-order valence-corrected chi connectivity index (χ2v) is 9.11. The van der Waals surface area contributed by atoms with Crippen molar-refractivity contribution < 1.29 is 18.7 Å². The van der Waals surface area contributed by atoms with Gasteiger partial charge in [0.25, 0.3) is 0 Å². The third-order valence-corrected chi connectivity index (χ3v) is 6.96. The lowest BCUT2D eigenvalue weighted by atomic mass is 9.49. The van der Waals surface area contributed by atoms with E-state index in [1.54, 1.807) is 19.1 Å². The van der Waals surface area contributed by atoms with Crippen molar-refractivity contribution in [1.82, 2.24) is 4.90 Å². The molecule has 0 unspecified atom stereocenters. The van der Waals surface area contributed by atoms with Gasteiger partial charge in [0.05, 0.1) is 18.4 Å². The lowest BCUT2D eigenvalue weighted by Crippen LogP contribution is -2.54. The van der Waals surface area contributed by atoms with E-state index in [2.05, 4.69) is 0 Å². The minimum Gasteiger partial charge on any atom is -0.466 e. The van der Waals surface area contributed by atoms with Gasteiger partial charge >= 0.3 is 5.97 Å². The van der Waals surface area contributed by atoms with Crippen molar-refractivity contribution in [3.8, 4) is 0 Å². The monoisotopic (exact) mass is 387 g/mol. The number of hydrogen-bond acceptors (Lipinski definition) is 3. The van der Waals surface area contributed by atoms with Gasteiger partial charge in [-0.2, -0.15) is 0 Å². The largest absolute Gasteiger partial charge is 0.466 e. The molecule has 0 atom stereocenters. The topological polar surface area (TPSA) is 46.6 Å². The smallest absolute Gasteiger partial charge is 0.307 e. The van der Waals surface area contributed by atoms with Gasteiger partial charge in [0.1, 0.15) is 5.82 Å². The van der Waals surface area contributed by atoms with Gasteiger partial charge in [-0.3, -0.25) is 9.59 Å². The number of ether oxygens (including phenoxy) is 1. The molecule has 0 aromatic heterocycles. The van der Waals surface area contributed by atoms with Crippen LogP contribution in [-0.2, 0) is 20.9 Å². The second kappa shape index (κ2) is 7.84. The summed E-state index contributed by atoms with van der Waals surface area (Å²) in [6.07, 6.45) is 7.05. The first kappa shape index (κ1) is 19.4. The molecule has 5 heteroatoms. The van der Waals surface area contributed by atoms with Crippen molar-refractivity contribution in [2.24, 2.45) is 23.2 Å². The van der Waals surface area contributed by atoms with E-state index in [0.29, 0.717) is 37.5 Å². The molecular weight excluding hydrogens is 357 g/mol. The molecule has 5 rings (SSSR count). The quantitative estimate of drug-likeness (QED) is 0.655. The number of nitrogens with zero attached hydrogens (tertiary/aromatic N) is 1. The molecule has 0 saturated heterocycles. The molecule has 0 aliphatic heterocycles. The highest BCUT2D eigenvalue weighted by molar-refractivity contribution is 5.84.